The molecule has 0 heterocycles. The van der Waals surface area contributed by atoms with Crippen LogP contribution in [0.1, 0.15) is 50.7 Å². The van der Waals surface area contributed by atoms with E-state index < -0.39 is 0 Å². The van der Waals surface area contributed by atoms with Crippen molar-refractivity contribution in [2.24, 2.45) is 5.10 Å². The van der Waals surface area contributed by atoms with Crippen molar-refractivity contribution in [2.75, 3.05) is 0 Å². The van der Waals surface area contributed by atoms with E-state index >= 15 is 0 Å². The molecule has 3 nitrogen and oxygen atoms in total. The highest BCUT2D eigenvalue weighted by Gasteiger charge is 2.03. The number of hydrazone groups is 1. The molecule has 0 aromatic heterocycles. The maximum atomic E-state index is 11.5. The summed E-state index contributed by atoms with van der Waals surface area (Å²) in [4.78, 5) is 11.5. The Balaban J connectivity index is 2.65. The normalized spacial score (nSPS) is 11.4. The van der Waals surface area contributed by atoms with Crippen molar-refractivity contribution in [3.8, 4) is 0 Å². The Hall–Kier alpha value is -1.64. The van der Waals surface area contributed by atoms with Crippen LogP contribution in [0.3, 0.4) is 0 Å². The number of amides is 1. The van der Waals surface area contributed by atoms with Gasteiger partial charge in [-0.05, 0) is 25.3 Å². The minimum atomic E-state index is -0.00471. The molecular formula is C15H22N2O. The predicted octanol–water partition coefficient (Wildman–Crippen LogP) is 3.42. The summed E-state index contributed by atoms with van der Waals surface area (Å²) in [6, 6.07) is 8.19. The minimum absolute atomic E-state index is 0.00471. The molecule has 1 N–H and O–H groups in total. The number of hydrogen-bond donors (Lipinski definition) is 1. The molecule has 0 unspecified atom stereocenters. The first kappa shape index (κ1) is 14.4. The van der Waals surface area contributed by atoms with Gasteiger partial charge in [-0.1, -0.05) is 50.1 Å². The van der Waals surface area contributed by atoms with Gasteiger partial charge in [0.1, 0.15) is 0 Å². The quantitative estimate of drug-likeness (QED) is 0.606. The van der Waals surface area contributed by atoms with Crippen LogP contribution >= 0.6 is 0 Å². The molecule has 0 aliphatic carbocycles. The van der Waals surface area contributed by atoms with E-state index in [0.717, 1.165) is 30.5 Å². The van der Waals surface area contributed by atoms with E-state index in [9.17, 15) is 4.79 Å². The number of unbranched alkanes of at least 4 members (excludes halogenated alkanes) is 1. The molecule has 1 aromatic rings. The Morgan fingerprint density at radius 1 is 1.22 bits per heavy atom. The molecule has 0 saturated heterocycles. The molecular weight excluding hydrogens is 224 g/mol. The second-order valence-electron chi connectivity index (χ2n) is 4.42. The lowest BCUT2D eigenvalue weighted by molar-refractivity contribution is -0.121. The SMILES string of the molecule is CCCCC(=O)NN=C(CC)c1ccc(C)cc1. The summed E-state index contributed by atoms with van der Waals surface area (Å²) in [7, 11) is 0. The topological polar surface area (TPSA) is 41.5 Å². The van der Waals surface area contributed by atoms with Gasteiger partial charge in [-0.15, -0.1) is 0 Å². The first-order chi connectivity index (χ1) is 8.67. The van der Waals surface area contributed by atoms with Crippen molar-refractivity contribution in [3.05, 3.63) is 35.4 Å². The zero-order valence-corrected chi connectivity index (χ0v) is 11.5. The molecule has 1 amide bonds. The van der Waals surface area contributed by atoms with E-state index in [4.69, 9.17) is 0 Å². The molecule has 98 valence electrons. The maximum absolute atomic E-state index is 11.5. The summed E-state index contributed by atoms with van der Waals surface area (Å²) in [5.74, 6) is -0.00471. The first-order valence-electron chi connectivity index (χ1n) is 6.59. The van der Waals surface area contributed by atoms with Crippen molar-refractivity contribution < 1.29 is 4.79 Å². The Bertz CT molecular complexity index is 407. The highest BCUT2D eigenvalue weighted by atomic mass is 16.2. The van der Waals surface area contributed by atoms with Crippen LogP contribution in [0.15, 0.2) is 29.4 Å². The second kappa shape index (κ2) is 7.64. The average molecular weight is 246 g/mol. The van der Waals surface area contributed by atoms with Crippen LogP contribution < -0.4 is 5.43 Å². The molecule has 18 heavy (non-hydrogen) atoms. The predicted molar refractivity (Wildman–Crippen MR) is 75.7 cm³/mol. The van der Waals surface area contributed by atoms with Crippen molar-refractivity contribution in [2.45, 2.75) is 46.5 Å². The zero-order valence-electron chi connectivity index (χ0n) is 11.5. The molecule has 1 aromatic carbocycles. The number of benzene rings is 1. The number of aryl methyl sites for hydroxylation is 1. The molecule has 0 bridgehead atoms. The second-order valence-corrected chi connectivity index (χ2v) is 4.42. The van der Waals surface area contributed by atoms with Gasteiger partial charge < -0.3 is 0 Å². The highest BCUT2D eigenvalue weighted by molar-refractivity contribution is 6.00. The van der Waals surface area contributed by atoms with Gasteiger partial charge in [-0.25, -0.2) is 5.43 Å². The number of carbonyl (C=O) groups is 1. The Morgan fingerprint density at radius 3 is 2.44 bits per heavy atom. The summed E-state index contributed by atoms with van der Waals surface area (Å²) in [5, 5.41) is 4.21. The smallest absolute Gasteiger partial charge is 0.240 e. The van der Waals surface area contributed by atoms with E-state index in [1.54, 1.807) is 0 Å². The first-order valence-corrected chi connectivity index (χ1v) is 6.59. The summed E-state index contributed by atoms with van der Waals surface area (Å²) in [6.45, 7) is 6.16. The fraction of sp³-hybridized carbons (Fsp3) is 0.467. The molecule has 0 atom stereocenters. The average Bonchev–Trinajstić information content (AvgIpc) is 2.39. The molecule has 0 spiro atoms. The van der Waals surface area contributed by atoms with Gasteiger partial charge in [-0.3, -0.25) is 4.79 Å². The summed E-state index contributed by atoms with van der Waals surface area (Å²) in [6.07, 6.45) is 3.28. The van der Waals surface area contributed by atoms with Crippen LogP contribution in [0.2, 0.25) is 0 Å². The number of nitrogens with zero attached hydrogens (tertiary/aromatic N) is 1. The lowest BCUT2D eigenvalue weighted by Crippen LogP contribution is -2.19. The van der Waals surface area contributed by atoms with Gasteiger partial charge >= 0.3 is 0 Å². The van der Waals surface area contributed by atoms with Crippen molar-refractivity contribution in [1.82, 2.24) is 5.43 Å². The van der Waals surface area contributed by atoms with Crippen molar-refractivity contribution in [3.63, 3.8) is 0 Å². The summed E-state index contributed by atoms with van der Waals surface area (Å²) >= 11 is 0. The van der Waals surface area contributed by atoms with Crippen LogP contribution in [-0.2, 0) is 4.79 Å². The van der Waals surface area contributed by atoms with Gasteiger partial charge in [0.15, 0.2) is 0 Å². The zero-order chi connectivity index (χ0) is 13.4. The fourth-order valence-corrected chi connectivity index (χ4v) is 1.62. The number of rotatable bonds is 6. The fourth-order valence-electron chi connectivity index (χ4n) is 1.62. The molecule has 0 radical (unpaired) electrons. The molecule has 0 aliphatic heterocycles. The number of nitrogens with one attached hydrogen (secondary N) is 1. The maximum Gasteiger partial charge on any atom is 0.240 e. The molecule has 0 fully saturated rings. The van der Waals surface area contributed by atoms with E-state index in [0.29, 0.717) is 6.42 Å². The minimum Gasteiger partial charge on any atom is -0.273 e. The Morgan fingerprint density at radius 2 is 1.89 bits per heavy atom. The summed E-state index contributed by atoms with van der Waals surface area (Å²) < 4.78 is 0. The van der Waals surface area contributed by atoms with Crippen molar-refractivity contribution >= 4 is 11.6 Å². The van der Waals surface area contributed by atoms with Crippen LogP contribution in [0.4, 0.5) is 0 Å². The highest BCUT2D eigenvalue weighted by Crippen LogP contribution is 2.06. The Kier molecular flexibility index (Phi) is 6.12. The lowest BCUT2D eigenvalue weighted by atomic mass is 10.1. The van der Waals surface area contributed by atoms with E-state index in [1.165, 1.54) is 5.56 Å². The van der Waals surface area contributed by atoms with Gasteiger partial charge in [0.05, 0.1) is 5.71 Å². The number of carbonyl (C=O) groups excluding carboxylic acids is 1. The third-order valence-corrected chi connectivity index (χ3v) is 2.79. The van der Waals surface area contributed by atoms with Crippen LogP contribution in [0.25, 0.3) is 0 Å². The number of hydrogen-bond acceptors (Lipinski definition) is 2. The molecule has 3 heteroatoms. The van der Waals surface area contributed by atoms with E-state index in [1.807, 2.05) is 19.1 Å². The monoisotopic (exact) mass is 246 g/mol. The third-order valence-electron chi connectivity index (χ3n) is 2.79. The van der Waals surface area contributed by atoms with Gasteiger partial charge in [0, 0.05) is 6.42 Å². The standard InChI is InChI=1S/C15H22N2O/c1-4-6-7-15(18)17-16-14(5-2)13-10-8-12(3)9-11-13/h8-11H,4-7H2,1-3H3,(H,17,18). The summed E-state index contributed by atoms with van der Waals surface area (Å²) in [5.41, 5.74) is 5.84. The van der Waals surface area contributed by atoms with E-state index in [-0.39, 0.29) is 5.91 Å². The van der Waals surface area contributed by atoms with Crippen LogP contribution in [-0.4, -0.2) is 11.6 Å². The largest absolute Gasteiger partial charge is 0.273 e. The third kappa shape index (κ3) is 4.70. The molecule has 0 aliphatic rings. The van der Waals surface area contributed by atoms with Crippen LogP contribution in [0.5, 0.6) is 0 Å². The van der Waals surface area contributed by atoms with E-state index in [2.05, 4.69) is 36.5 Å². The van der Waals surface area contributed by atoms with Gasteiger partial charge in [0.2, 0.25) is 5.91 Å². The Labute approximate surface area is 109 Å². The van der Waals surface area contributed by atoms with Crippen LogP contribution in [0, 0.1) is 6.92 Å². The lowest BCUT2D eigenvalue weighted by Gasteiger charge is -2.05. The molecule has 0 saturated carbocycles. The van der Waals surface area contributed by atoms with Crippen molar-refractivity contribution in [1.29, 1.82) is 0 Å². The molecule has 1 rings (SSSR count). The van der Waals surface area contributed by atoms with Gasteiger partial charge in [-0.2, -0.15) is 5.10 Å². The van der Waals surface area contributed by atoms with Gasteiger partial charge in [0.25, 0.3) is 0 Å².